The lowest BCUT2D eigenvalue weighted by molar-refractivity contribution is -0.136. The van der Waals surface area contributed by atoms with Gasteiger partial charge >= 0.3 is 0 Å². The van der Waals surface area contributed by atoms with Gasteiger partial charge in [0.05, 0.1) is 6.54 Å². The molecule has 1 aromatic carbocycles. The van der Waals surface area contributed by atoms with E-state index in [4.69, 9.17) is 4.42 Å². The van der Waals surface area contributed by atoms with Gasteiger partial charge in [0.15, 0.2) is 0 Å². The molecule has 1 aliphatic rings. The lowest BCUT2D eigenvalue weighted by atomic mass is 9.89. The van der Waals surface area contributed by atoms with Gasteiger partial charge < -0.3 is 14.6 Å². The van der Waals surface area contributed by atoms with Crippen LogP contribution < -0.4 is 5.32 Å². The molecule has 4 nitrogen and oxygen atoms in total. The van der Waals surface area contributed by atoms with Crippen LogP contribution in [0.4, 0.5) is 4.39 Å². The Balaban J connectivity index is 1.61. The molecular weight excluding hydrogens is 319 g/mol. The van der Waals surface area contributed by atoms with E-state index < -0.39 is 0 Å². The average molecular weight is 346 g/mol. The molecule has 2 heterocycles. The summed E-state index contributed by atoms with van der Waals surface area (Å²) < 4.78 is 19.1. The highest BCUT2D eigenvalue weighted by Crippen LogP contribution is 2.24. The van der Waals surface area contributed by atoms with E-state index in [1.807, 2.05) is 24.8 Å². The fourth-order valence-electron chi connectivity index (χ4n) is 3.67. The number of halogens is 1. The van der Waals surface area contributed by atoms with Gasteiger partial charge in [0.25, 0.3) is 0 Å². The van der Waals surface area contributed by atoms with Crippen molar-refractivity contribution in [3.63, 3.8) is 0 Å². The van der Waals surface area contributed by atoms with E-state index in [-0.39, 0.29) is 17.6 Å². The number of nitrogens with zero attached hydrogens (tertiary/aromatic N) is 1. The van der Waals surface area contributed by atoms with Crippen LogP contribution in [-0.4, -0.2) is 29.9 Å². The molecule has 5 heteroatoms. The van der Waals surface area contributed by atoms with Crippen molar-refractivity contribution < 1.29 is 13.6 Å². The maximum Gasteiger partial charge on any atom is 0.225 e. The minimum atomic E-state index is -0.249. The number of nitrogens with one attached hydrogen (secondary N) is 1. The van der Waals surface area contributed by atoms with Crippen molar-refractivity contribution in [3.05, 3.63) is 35.8 Å². The molecule has 0 bridgehead atoms. The molecule has 1 N–H and O–H groups in total. The molecule has 0 radical (unpaired) electrons. The predicted molar refractivity (Wildman–Crippen MR) is 96.6 cm³/mol. The van der Waals surface area contributed by atoms with E-state index in [0.717, 1.165) is 37.1 Å². The largest absolute Gasteiger partial charge is 0.460 e. The number of piperidine rings is 1. The summed E-state index contributed by atoms with van der Waals surface area (Å²) in [4.78, 5) is 14.2. The van der Waals surface area contributed by atoms with Crippen LogP contribution in [0.15, 0.2) is 28.7 Å². The van der Waals surface area contributed by atoms with Gasteiger partial charge in [-0.05, 0) is 36.6 Å². The van der Waals surface area contributed by atoms with Gasteiger partial charge in [-0.25, -0.2) is 4.39 Å². The monoisotopic (exact) mass is 346 g/mol. The lowest BCUT2D eigenvalue weighted by Gasteiger charge is -2.39. The van der Waals surface area contributed by atoms with Crippen LogP contribution in [-0.2, 0) is 11.3 Å². The number of benzene rings is 1. The van der Waals surface area contributed by atoms with E-state index in [1.165, 1.54) is 12.1 Å². The van der Waals surface area contributed by atoms with Gasteiger partial charge in [-0.3, -0.25) is 4.79 Å². The van der Waals surface area contributed by atoms with E-state index in [9.17, 15) is 9.18 Å². The number of hydrogen-bond acceptors (Lipinski definition) is 3. The normalized spacial score (nSPS) is 21.2. The first kappa shape index (κ1) is 17.9. The Morgan fingerprint density at radius 3 is 2.92 bits per heavy atom. The van der Waals surface area contributed by atoms with Crippen LogP contribution in [0.3, 0.4) is 0 Å². The number of carbonyl (C=O) groups is 1. The molecule has 2 aromatic rings. The first-order valence-electron chi connectivity index (χ1n) is 9.18. The molecule has 136 valence electrons. The number of fused-ring (bicyclic) bond motifs is 1. The van der Waals surface area contributed by atoms with Gasteiger partial charge in [-0.2, -0.15) is 0 Å². The van der Waals surface area contributed by atoms with Crippen molar-refractivity contribution in [2.45, 2.75) is 46.2 Å². The maximum absolute atomic E-state index is 13.3. The summed E-state index contributed by atoms with van der Waals surface area (Å²) in [7, 11) is 0. The van der Waals surface area contributed by atoms with Crippen LogP contribution in [0, 0.1) is 17.7 Å². The summed E-state index contributed by atoms with van der Waals surface area (Å²) in [6, 6.07) is 6.83. The number of carbonyl (C=O) groups excluding carboxylic acids is 1. The van der Waals surface area contributed by atoms with Gasteiger partial charge in [0.1, 0.15) is 17.2 Å². The van der Waals surface area contributed by atoms with Gasteiger partial charge in [0.2, 0.25) is 5.91 Å². The van der Waals surface area contributed by atoms with Crippen LogP contribution in [0.2, 0.25) is 0 Å². The standard InChI is InChI=1S/C20H27FN2O2/c1-4-14-12-23(20(24)13(2)3)8-7-18(14)22-11-17-10-15-9-16(21)5-6-19(15)25-17/h5-6,9-10,13-14,18,22H,4,7-8,11-12H2,1-3H3/t14-,18-/m0/s1. The molecule has 1 aromatic heterocycles. The molecule has 2 atom stereocenters. The van der Waals surface area contributed by atoms with Crippen LogP contribution in [0.5, 0.6) is 0 Å². The van der Waals surface area contributed by atoms with Crippen molar-refractivity contribution in [3.8, 4) is 0 Å². The van der Waals surface area contributed by atoms with E-state index in [1.54, 1.807) is 6.07 Å². The number of likely N-dealkylation sites (tertiary alicyclic amines) is 1. The summed E-state index contributed by atoms with van der Waals surface area (Å²) in [6.07, 6.45) is 1.98. The Kier molecular flexibility index (Phi) is 5.42. The van der Waals surface area contributed by atoms with E-state index >= 15 is 0 Å². The highest BCUT2D eigenvalue weighted by molar-refractivity contribution is 5.78. The molecule has 1 fully saturated rings. The quantitative estimate of drug-likeness (QED) is 0.892. The van der Waals surface area contributed by atoms with Crippen LogP contribution in [0.25, 0.3) is 11.0 Å². The zero-order chi connectivity index (χ0) is 18.0. The third kappa shape index (κ3) is 4.03. The maximum atomic E-state index is 13.3. The zero-order valence-electron chi connectivity index (χ0n) is 15.2. The molecule has 1 amide bonds. The molecule has 0 unspecified atom stereocenters. The molecule has 0 spiro atoms. The number of amides is 1. The fourth-order valence-corrected chi connectivity index (χ4v) is 3.67. The summed E-state index contributed by atoms with van der Waals surface area (Å²) in [5.41, 5.74) is 0.711. The van der Waals surface area contributed by atoms with Gasteiger partial charge in [-0.1, -0.05) is 27.2 Å². The van der Waals surface area contributed by atoms with Crippen molar-refractivity contribution in [1.82, 2.24) is 10.2 Å². The second-order valence-electron chi connectivity index (χ2n) is 7.28. The minimum Gasteiger partial charge on any atom is -0.460 e. The van der Waals surface area contributed by atoms with Crippen LogP contribution in [0.1, 0.15) is 39.4 Å². The highest BCUT2D eigenvalue weighted by Gasteiger charge is 2.30. The molecular formula is C20H27FN2O2. The second kappa shape index (κ2) is 7.56. The summed E-state index contributed by atoms with van der Waals surface area (Å²) in [5, 5.41) is 4.37. The first-order chi connectivity index (χ1) is 12.0. The van der Waals surface area contributed by atoms with Crippen molar-refractivity contribution in [2.24, 2.45) is 11.8 Å². The molecule has 0 aliphatic carbocycles. The van der Waals surface area contributed by atoms with E-state index in [0.29, 0.717) is 24.1 Å². The molecule has 25 heavy (non-hydrogen) atoms. The van der Waals surface area contributed by atoms with E-state index in [2.05, 4.69) is 12.2 Å². The van der Waals surface area contributed by atoms with Crippen molar-refractivity contribution >= 4 is 16.9 Å². The van der Waals surface area contributed by atoms with Crippen molar-refractivity contribution in [2.75, 3.05) is 13.1 Å². The third-order valence-corrected chi connectivity index (χ3v) is 5.13. The highest BCUT2D eigenvalue weighted by atomic mass is 19.1. The zero-order valence-corrected chi connectivity index (χ0v) is 15.2. The molecule has 0 saturated carbocycles. The Labute approximate surface area is 148 Å². The Morgan fingerprint density at radius 2 is 2.20 bits per heavy atom. The number of hydrogen-bond donors (Lipinski definition) is 1. The summed E-state index contributed by atoms with van der Waals surface area (Å²) in [5.74, 6) is 1.31. The van der Waals surface area contributed by atoms with Crippen LogP contribution >= 0.6 is 0 Å². The SMILES string of the molecule is CC[C@H]1CN(C(=O)C(C)C)CC[C@@H]1NCc1cc2cc(F)ccc2o1. The third-order valence-electron chi connectivity index (χ3n) is 5.13. The number of furan rings is 1. The average Bonchev–Trinajstić information content (AvgIpc) is 3.00. The lowest BCUT2D eigenvalue weighted by Crippen LogP contribution is -2.51. The molecule has 1 saturated heterocycles. The smallest absolute Gasteiger partial charge is 0.225 e. The topological polar surface area (TPSA) is 45.5 Å². The first-order valence-corrected chi connectivity index (χ1v) is 9.18. The molecule has 3 rings (SSSR count). The Hall–Kier alpha value is -1.88. The predicted octanol–water partition coefficient (Wildman–Crippen LogP) is 3.94. The fraction of sp³-hybridized carbons (Fsp3) is 0.550. The van der Waals surface area contributed by atoms with Crippen molar-refractivity contribution in [1.29, 1.82) is 0 Å². The second-order valence-corrected chi connectivity index (χ2v) is 7.28. The summed E-state index contributed by atoms with van der Waals surface area (Å²) >= 11 is 0. The summed E-state index contributed by atoms with van der Waals surface area (Å²) in [6.45, 7) is 8.32. The van der Waals surface area contributed by atoms with Gasteiger partial charge in [-0.15, -0.1) is 0 Å². The Morgan fingerprint density at radius 1 is 1.40 bits per heavy atom. The molecule has 1 aliphatic heterocycles. The Bertz CT molecular complexity index is 740. The minimum absolute atomic E-state index is 0.0537. The number of rotatable bonds is 5. The van der Waals surface area contributed by atoms with Gasteiger partial charge in [0, 0.05) is 30.4 Å².